The number of aromatic nitrogens is 3. The normalized spacial score (nSPS) is 18.8. The lowest BCUT2D eigenvalue weighted by molar-refractivity contribution is -0.901. The van der Waals surface area contributed by atoms with Gasteiger partial charge in [0.1, 0.15) is 12.4 Å². The van der Waals surface area contributed by atoms with Crippen LogP contribution in [0.2, 0.25) is 0 Å². The Morgan fingerprint density at radius 1 is 0.931 bits per heavy atom. The highest BCUT2D eigenvalue weighted by Crippen LogP contribution is 2.25. The molecular formula is C24H24N5+. The van der Waals surface area contributed by atoms with Crippen molar-refractivity contribution in [2.75, 3.05) is 18.4 Å². The summed E-state index contributed by atoms with van der Waals surface area (Å²) in [4.78, 5) is 15.5. The molecule has 0 bridgehead atoms. The van der Waals surface area contributed by atoms with E-state index in [0.717, 1.165) is 41.8 Å². The van der Waals surface area contributed by atoms with Crippen LogP contribution in [0, 0.1) is 0 Å². The first-order valence-electron chi connectivity index (χ1n) is 10.2. The van der Waals surface area contributed by atoms with Crippen molar-refractivity contribution in [2.24, 2.45) is 0 Å². The molecule has 4 aromatic rings. The van der Waals surface area contributed by atoms with E-state index in [1.54, 1.807) is 11.1 Å². The molecule has 5 rings (SSSR count). The van der Waals surface area contributed by atoms with E-state index in [9.17, 15) is 0 Å². The van der Waals surface area contributed by atoms with E-state index in [1.807, 2.05) is 36.5 Å². The first-order chi connectivity index (χ1) is 14.3. The summed E-state index contributed by atoms with van der Waals surface area (Å²) in [7, 11) is 0. The number of nitrogens with zero attached hydrogens (tertiary/aromatic N) is 3. The number of hydrogen-bond donors (Lipinski definition) is 2. The molecule has 0 saturated carbocycles. The van der Waals surface area contributed by atoms with E-state index < -0.39 is 0 Å². The molecule has 5 heteroatoms. The lowest BCUT2D eigenvalue weighted by atomic mass is 10.2. The highest BCUT2D eigenvalue weighted by atomic mass is 15.2. The van der Waals surface area contributed by atoms with Crippen LogP contribution in [0.4, 0.5) is 5.82 Å². The van der Waals surface area contributed by atoms with Crippen LogP contribution in [0.3, 0.4) is 0 Å². The first-order valence-corrected chi connectivity index (χ1v) is 10.2. The van der Waals surface area contributed by atoms with E-state index in [2.05, 4.69) is 46.7 Å². The summed E-state index contributed by atoms with van der Waals surface area (Å²) < 4.78 is 0. The maximum absolute atomic E-state index is 4.87. The van der Waals surface area contributed by atoms with Gasteiger partial charge in [-0.3, -0.25) is 4.98 Å². The van der Waals surface area contributed by atoms with Crippen molar-refractivity contribution < 1.29 is 4.90 Å². The fourth-order valence-electron chi connectivity index (χ4n) is 4.10. The van der Waals surface area contributed by atoms with Gasteiger partial charge < -0.3 is 10.2 Å². The fourth-order valence-corrected chi connectivity index (χ4v) is 4.10. The average Bonchev–Trinajstić information content (AvgIpc) is 3.21. The van der Waals surface area contributed by atoms with E-state index in [-0.39, 0.29) is 0 Å². The summed E-state index contributed by atoms with van der Waals surface area (Å²) in [5, 5.41) is 4.78. The number of likely N-dealkylation sites (tertiary alicyclic amines) is 1. The third-order valence-corrected chi connectivity index (χ3v) is 5.54. The maximum Gasteiger partial charge on any atom is 0.163 e. The molecule has 2 N–H and O–H groups in total. The van der Waals surface area contributed by atoms with Crippen molar-refractivity contribution in [1.29, 1.82) is 0 Å². The summed E-state index contributed by atoms with van der Waals surface area (Å²) in [6.45, 7) is 3.34. The lowest BCUT2D eigenvalue weighted by Gasteiger charge is -2.16. The Balaban J connectivity index is 1.39. The van der Waals surface area contributed by atoms with Gasteiger partial charge in [0.2, 0.25) is 0 Å². The number of fused-ring (bicyclic) bond motifs is 1. The zero-order valence-electron chi connectivity index (χ0n) is 16.3. The molecular weight excluding hydrogens is 358 g/mol. The Morgan fingerprint density at radius 2 is 1.79 bits per heavy atom. The van der Waals surface area contributed by atoms with Gasteiger partial charge in [0.25, 0.3) is 0 Å². The molecule has 1 fully saturated rings. The van der Waals surface area contributed by atoms with Gasteiger partial charge in [-0.25, -0.2) is 9.97 Å². The predicted octanol–water partition coefficient (Wildman–Crippen LogP) is 2.96. The van der Waals surface area contributed by atoms with Crippen molar-refractivity contribution in [3.63, 3.8) is 0 Å². The standard InChI is InChI=1S/C24H23N5/c1-2-7-18(8-3-1)16-29-14-12-20(17-29)26-24-21-10-4-5-11-22(21)27-23(28-24)19-9-6-13-25-15-19/h1-11,13,15,20H,12,14,16-17H2,(H,26,27,28)/p+1/t20-/m1/s1. The van der Waals surface area contributed by atoms with E-state index in [4.69, 9.17) is 9.97 Å². The predicted molar refractivity (Wildman–Crippen MR) is 116 cm³/mol. The molecule has 2 aromatic heterocycles. The summed E-state index contributed by atoms with van der Waals surface area (Å²) in [6.07, 6.45) is 4.73. The summed E-state index contributed by atoms with van der Waals surface area (Å²) in [6, 6.07) is 23.3. The van der Waals surface area contributed by atoms with Crippen molar-refractivity contribution in [3.05, 3.63) is 84.7 Å². The first kappa shape index (κ1) is 17.8. The second-order valence-corrected chi connectivity index (χ2v) is 7.65. The van der Waals surface area contributed by atoms with Gasteiger partial charge in [-0.15, -0.1) is 0 Å². The number of pyridine rings is 1. The Bertz CT molecular complexity index is 1100. The van der Waals surface area contributed by atoms with Gasteiger partial charge in [-0.2, -0.15) is 0 Å². The van der Waals surface area contributed by atoms with Crippen LogP contribution in [0.1, 0.15) is 12.0 Å². The summed E-state index contributed by atoms with van der Waals surface area (Å²) >= 11 is 0. The minimum Gasteiger partial charge on any atom is -0.361 e. The Kier molecular flexibility index (Phi) is 4.88. The van der Waals surface area contributed by atoms with Crippen molar-refractivity contribution in [3.8, 4) is 11.4 Å². The van der Waals surface area contributed by atoms with Gasteiger partial charge >= 0.3 is 0 Å². The third-order valence-electron chi connectivity index (χ3n) is 5.54. The number of hydrogen-bond acceptors (Lipinski definition) is 4. The number of para-hydroxylation sites is 1. The van der Waals surface area contributed by atoms with Crippen LogP contribution >= 0.6 is 0 Å². The van der Waals surface area contributed by atoms with Crippen molar-refractivity contribution >= 4 is 16.7 Å². The number of quaternary nitrogens is 1. The van der Waals surface area contributed by atoms with Crippen LogP contribution in [0.25, 0.3) is 22.3 Å². The molecule has 2 aromatic carbocycles. The molecule has 0 radical (unpaired) electrons. The third kappa shape index (κ3) is 3.96. The van der Waals surface area contributed by atoms with E-state index in [1.165, 1.54) is 12.1 Å². The molecule has 0 amide bonds. The molecule has 0 aliphatic carbocycles. The zero-order valence-corrected chi connectivity index (χ0v) is 16.3. The van der Waals surface area contributed by atoms with Crippen LogP contribution in [-0.2, 0) is 6.54 Å². The molecule has 1 aliphatic rings. The van der Waals surface area contributed by atoms with Gasteiger partial charge in [-0.05, 0) is 24.3 Å². The quantitative estimate of drug-likeness (QED) is 0.557. The highest BCUT2D eigenvalue weighted by molar-refractivity contribution is 5.90. The topological polar surface area (TPSA) is 55.1 Å². The Hall–Kier alpha value is -3.31. The molecule has 1 saturated heterocycles. The number of nitrogens with one attached hydrogen (secondary N) is 2. The van der Waals surface area contributed by atoms with Gasteiger partial charge in [-0.1, -0.05) is 42.5 Å². The molecule has 3 heterocycles. The largest absolute Gasteiger partial charge is 0.361 e. The van der Waals surface area contributed by atoms with E-state index >= 15 is 0 Å². The van der Waals surface area contributed by atoms with Gasteiger partial charge in [0.15, 0.2) is 5.82 Å². The monoisotopic (exact) mass is 382 g/mol. The minimum atomic E-state index is 0.411. The fraction of sp³-hybridized carbons (Fsp3) is 0.208. The number of anilines is 1. The molecule has 2 atom stereocenters. The van der Waals surface area contributed by atoms with Crippen molar-refractivity contribution in [2.45, 2.75) is 19.0 Å². The molecule has 1 aliphatic heterocycles. The highest BCUT2D eigenvalue weighted by Gasteiger charge is 2.27. The zero-order chi connectivity index (χ0) is 19.5. The minimum absolute atomic E-state index is 0.411. The van der Waals surface area contributed by atoms with Gasteiger partial charge in [0.05, 0.1) is 24.6 Å². The summed E-state index contributed by atoms with van der Waals surface area (Å²) in [5.74, 6) is 1.63. The van der Waals surface area contributed by atoms with Crippen LogP contribution in [0.15, 0.2) is 79.1 Å². The number of rotatable bonds is 5. The molecule has 144 valence electrons. The van der Waals surface area contributed by atoms with E-state index in [0.29, 0.717) is 11.9 Å². The van der Waals surface area contributed by atoms with Crippen LogP contribution < -0.4 is 10.2 Å². The second-order valence-electron chi connectivity index (χ2n) is 7.65. The number of benzene rings is 2. The molecule has 0 spiro atoms. The smallest absolute Gasteiger partial charge is 0.163 e. The van der Waals surface area contributed by atoms with Gasteiger partial charge in [0, 0.05) is 35.3 Å². The lowest BCUT2D eigenvalue weighted by Crippen LogP contribution is -3.09. The maximum atomic E-state index is 4.87. The molecule has 5 nitrogen and oxygen atoms in total. The van der Waals surface area contributed by atoms with Crippen molar-refractivity contribution in [1.82, 2.24) is 15.0 Å². The Labute approximate surface area is 170 Å². The van der Waals surface area contributed by atoms with Crippen LogP contribution in [0.5, 0.6) is 0 Å². The second kappa shape index (κ2) is 7.97. The average molecular weight is 382 g/mol. The summed E-state index contributed by atoms with van der Waals surface area (Å²) in [5.41, 5.74) is 3.29. The SMILES string of the molecule is c1ccc(C[NH+]2CC[C@@H](Nc3nc(-c4cccnc4)nc4ccccc34)C2)cc1. The Morgan fingerprint density at radius 3 is 2.66 bits per heavy atom. The molecule has 1 unspecified atom stereocenters. The molecule has 29 heavy (non-hydrogen) atoms. The van der Waals surface area contributed by atoms with Crippen LogP contribution in [-0.4, -0.2) is 34.1 Å².